The second-order valence-corrected chi connectivity index (χ2v) is 2.96. The highest BCUT2D eigenvalue weighted by Crippen LogP contribution is 2.13. The van der Waals surface area contributed by atoms with Crippen LogP contribution < -0.4 is 11.3 Å². The van der Waals surface area contributed by atoms with Crippen molar-refractivity contribution in [2.24, 2.45) is 12.9 Å². The highest BCUT2D eigenvalue weighted by Gasteiger charge is 2.12. The second kappa shape index (κ2) is 3.12. The van der Waals surface area contributed by atoms with Crippen molar-refractivity contribution in [1.29, 1.82) is 0 Å². The lowest BCUT2D eigenvalue weighted by Crippen LogP contribution is -2.32. The zero-order valence-electron chi connectivity index (χ0n) is 7.69. The largest absolute Gasteiger partial charge is 0.323 e. The molecule has 5 heteroatoms. The van der Waals surface area contributed by atoms with Crippen LogP contribution in [0.2, 0.25) is 0 Å². The molecule has 3 N–H and O–H groups in total. The van der Waals surface area contributed by atoms with E-state index in [1.165, 1.54) is 0 Å². The van der Waals surface area contributed by atoms with Crippen LogP contribution in [0.1, 0.15) is 10.6 Å². The molecule has 0 atom stereocenters. The SMILES string of the molecule is Cn1c(C(=O)NN)nc2ccccc21. The van der Waals surface area contributed by atoms with E-state index in [1.54, 1.807) is 11.6 Å². The average molecular weight is 190 g/mol. The molecule has 0 unspecified atom stereocenters. The van der Waals surface area contributed by atoms with E-state index in [4.69, 9.17) is 5.84 Å². The van der Waals surface area contributed by atoms with E-state index >= 15 is 0 Å². The first kappa shape index (κ1) is 8.71. The number of aryl methyl sites for hydroxylation is 1. The van der Waals surface area contributed by atoms with Crippen molar-refractivity contribution >= 4 is 16.9 Å². The Hall–Kier alpha value is -1.88. The lowest BCUT2D eigenvalue weighted by molar-refractivity contribution is 0.0940. The van der Waals surface area contributed by atoms with E-state index in [1.807, 2.05) is 24.3 Å². The number of nitrogens with two attached hydrogens (primary N) is 1. The van der Waals surface area contributed by atoms with Crippen LogP contribution in [-0.4, -0.2) is 15.5 Å². The van der Waals surface area contributed by atoms with E-state index in [0.717, 1.165) is 11.0 Å². The first-order valence-electron chi connectivity index (χ1n) is 4.16. The van der Waals surface area contributed by atoms with Crippen LogP contribution in [0.5, 0.6) is 0 Å². The molecule has 0 saturated carbocycles. The van der Waals surface area contributed by atoms with Gasteiger partial charge in [0.1, 0.15) is 0 Å². The van der Waals surface area contributed by atoms with E-state index in [2.05, 4.69) is 10.4 Å². The fraction of sp³-hybridized carbons (Fsp3) is 0.111. The van der Waals surface area contributed by atoms with Gasteiger partial charge < -0.3 is 4.57 Å². The van der Waals surface area contributed by atoms with Crippen molar-refractivity contribution in [3.8, 4) is 0 Å². The van der Waals surface area contributed by atoms with Crippen molar-refractivity contribution in [3.05, 3.63) is 30.1 Å². The molecule has 0 aliphatic heterocycles. The summed E-state index contributed by atoms with van der Waals surface area (Å²) < 4.78 is 1.71. The number of rotatable bonds is 1. The number of para-hydroxylation sites is 2. The zero-order valence-corrected chi connectivity index (χ0v) is 7.69. The molecule has 2 rings (SSSR count). The van der Waals surface area contributed by atoms with Crippen molar-refractivity contribution in [2.45, 2.75) is 0 Å². The molecule has 1 aromatic carbocycles. The van der Waals surface area contributed by atoms with E-state index in [-0.39, 0.29) is 5.91 Å². The van der Waals surface area contributed by atoms with Crippen LogP contribution in [0.25, 0.3) is 11.0 Å². The molecular weight excluding hydrogens is 180 g/mol. The Balaban J connectivity index is 2.68. The normalized spacial score (nSPS) is 10.4. The molecule has 0 radical (unpaired) electrons. The number of carbonyl (C=O) groups is 1. The quantitative estimate of drug-likeness (QED) is 0.382. The minimum absolute atomic E-state index is 0.314. The van der Waals surface area contributed by atoms with Gasteiger partial charge in [0, 0.05) is 7.05 Å². The van der Waals surface area contributed by atoms with Gasteiger partial charge in [0.15, 0.2) is 0 Å². The van der Waals surface area contributed by atoms with Crippen LogP contribution in [0.4, 0.5) is 0 Å². The van der Waals surface area contributed by atoms with Gasteiger partial charge in [0.2, 0.25) is 5.82 Å². The smallest absolute Gasteiger partial charge is 0.301 e. The molecule has 2 aromatic rings. The van der Waals surface area contributed by atoms with Crippen molar-refractivity contribution < 1.29 is 4.79 Å². The van der Waals surface area contributed by atoms with Crippen LogP contribution in [0.15, 0.2) is 24.3 Å². The zero-order chi connectivity index (χ0) is 10.1. The number of nitrogen functional groups attached to an aromatic ring is 1. The molecule has 0 aliphatic rings. The van der Waals surface area contributed by atoms with Gasteiger partial charge >= 0.3 is 5.91 Å². The summed E-state index contributed by atoms with van der Waals surface area (Å²) in [5, 5.41) is 0. The summed E-state index contributed by atoms with van der Waals surface area (Å²) in [5.74, 6) is 4.97. The van der Waals surface area contributed by atoms with Crippen molar-refractivity contribution in [2.75, 3.05) is 0 Å². The van der Waals surface area contributed by atoms with Gasteiger partial charge in [-0.05, 0) is 12.1 Å². The number of hydrogen-bond donors (Lipinski definition) is 2. The summed E-state index contributed by atoms with van der Waals surface area (Å²) in [6.07, 6.45) is 0. The minimum atomic E-state index is -0.385. The third-order valence-corrected chi connectivity index (χ3v) is 2.12. The Morgan fingerprint density at radius 2 is 2.21 bits per heavy atom. The van der Waals surface area contributed by atoms with E-state index in [9.17, 15) is 4.79 Å². The lowest BCUT2D eigenvalue weighted by atomic mass is 10.3. The molecule has 1 heterocycles. The first-order valence-corrected chi connectivity index (χ1v) is 4.16. The number of nitrogens with zero attached hydrogens (tertiary/aromatic N) is 2. The molecule has 0 fully saturated rings. The molecule has 0 saturated heterocycles. The van der Waals surface area contributed by atoms with Crippen LogP contribution in [0.3, 0.4) is 0 Å². The molecule has 14 heavy (non-hydrogen) atoms. The standard InChI is InChI=1S/C9H10N4O/c1-13-7-5-3-2-4-6(7)11-8(13)9(14)12-10/h2-5H,10H2,1H3,(H,12,14). The van der Waals surface area contributed by atoms with Crippen LogP contribution in [0, 0.1) is 0 Å². The number of fused-ring (bicyclic) bond motifs is 1. The molecule has 72 valence electrons. The molecule has 0 bridgehead atoms. The Bertz CT molecular complexity index is 489. The summed E-state index contributed by atoms with van der Waals surface area (Å²) in [5.41, 5.74) is 3.75. The highest BCUT2D eigenvalue weighted by atomic mass is 16.2. The lowest BCUT2D eigenvalue weighted by Gasteiger charge is -1.99. The topological polar surface area (TPSA) is 72.9 Å². The summed E-state index contributed by atoms with van der Waals surface area (Å²) in [6.45, 7) is 0. The summed E-state index contributed by atoms with van der Waals surface area (Å²) in [4.78, 5) is 15.4. The van der Waals surface area contributed by atoms with Crippen LogP contribution >= 0.6 is 0 Å². The molecule has 5 nitrogen and oxygen atoms in total. The van der Waals surface area contributed by atoms with Gasteiger partial charge in [-0.25, -0.2) is 10.8 Å². The van der Waals surface area contributed by atoms with Gasteiger partial charge in [0.25, 0.3) is 0 Å². The maximum atomic E-state index is 11.3. The average Bonchev–Trinajstić information content (AvgIpc) is 2.56. The van der Waals surface area contributed by atoms with Gasteiger partial charge in [-0.2, -0.15) is 0 Å². The third kappa shape index (κ3) is 1.14. The molecule has 1 amide bonds. The molecule has 0 spiro atoms. The Labute approximate surface area is 80.5 Å². The van der Waals surface area contributed by atoms with E-state index in [0.29, 0.717) is 5.82 Å². The number of carbonyl (C=O) groups excluding carboxylic acids is 1. The summed E-state index contributed by atoms with van der Waals surface area (Å²) in [7, 11) is 1.78. The number of imidazole rings is 1. The van der Waals surface area contributed by atoms with E-state index < -0.39 is 0 Å². The number of nitrogens with one attached hydrogen (secondary N) is 1. The predicted octanol–water partition coefficient (Wildman–Crippen LogP) is 0.177. The Morgan fingerprint density at radius 3 is 2.86 bits per heavy atom. The maximum Gasteiger partial charge on any atom is 0.301 e. The molecule has 0 aliphatic carbocycles. The molecular formula is C9H10N4O. The Morgan fingerprint density at radius 1 is 1.50 bits per heavy atom. The predicted molar refractivity (Wildman–Crippen MR) is 52.4 cm³/mol. The fourth-order valence-corrected chi connectivity index (χ4v) is 1.41. The van der Waals surface area contributed by atoms with Crippen molar-refractivity contribution in [3.63, 3.8) is 0 Å². The fourth-order valence-electron chi connectivity index (χ4n) is 1.41. The number of amides is 1. The number of hydrogen-bond acceptors (Lipinski definition) is 3. The molecule has 1 aromatic heterocycles. The highest BCUT2D eigenvalue weighted by molar-refractivity contribution is 5.94. The summed E-state index contributed by atoms with van der Waals surface area (Å²) in [6, 6.07) is 7.52. The Kier molecular flexibility index (Phi) is 1.94. The first-order chi connectivity index (χ1) is 6.74. The maximum absolute atomic E-state index is 11.3. The monoisotopic (exact) mass is 190 g/mol. The second-order valence-electron chi connectivity index (χ2n) is 2.96. The van der Waals surface area contributed by atoms with Gasteiger partial charge in [-0.3, -0.25) is 10.2 Å². The van der Waals surface area contributed by atoms with Crippen LogP contribution in [-0.2, 0) is 7.05 Å². The van der Waals surface area contributed by atoms with Gasteiger partial charge in [-0.1, -0.05) is 12.1 Å². The van der Waals surface area contributed by atoms with Gasteiger partial charge in [0.05, 0.1) is 11.0 Å². The number of benzene rings is 1. The number of hydrazine groups is 1. The third-order valence-electron chi connectivity index (χ3n) is 2.12. The van der Waals surface area contributed by atoms with Gasteiger partial charge in [-0.15, -0.1) is 0 Å². The number of aromatic nitrogens is 2. The minimum Gasteiger partial charge on any atom is -0.323 e. The summed E-state index contributed by atoms with van der Waals surface area (Å²) >= 11 is 0. The van der Waals surface area contributed by atoms with Crippen molar-refractivity contribution in [1.82, 2.24) is 15.0 Å².